The molecule has 2 rings (SSSR count). The van der Waals surface area contributed by atoms with Crippen LogP contribution in [0.15, 0.2) is 24.8 Å². The summed E-state index contributed by atoms with van der Waals surface area (Å²) >= 11 is 0. The van der Waals surface area contributed by atoms with Gasteiger partial charge in [-0.2, -0.15) is 0 Å². The Balaban J connectivity index is -0.000000308. The molecule has 12 nitrogen and oxygen atoms in total. The summed E-state index contributed by atoms with van der Waals surface area (Å²) in [5.41, 5.74) is 10.0. The van der Waals surface area contributed by atoms with Crippen LogP contribution >= 0.6 is 0 Å². The van der Waals surface area contributed by atoms with E-state index in [1.807, 2.05) is 0 Å². The Labute approximate surface area is 142 Å². The van der Waals surface area contributed by atoms with Crippen LogP contribution in [0.4, 0.5) is 11.9 Å². The number of aromatic nitrogens is 4. The summed E-state index contributed by atoms with van der Waals surface area (Å²) in [6.07, 6.45) is 4.38. The molecular formula is C10H14N6O6Zn+2. The van der Waals surface area contributed by atoms with Gasteiger partial charge in [0.15, 0.2) is 0 Å². The molecule has 23 heavy (non-hydrogen) atoms. The average Bonchev–Trinajstić information content (AvgIpc) is 2.40. The second-order valence-electron chi connectivity index (χ2n) is 3.23. The fourth-order valence-corrected chi connectivity index (χ4v) is 0.887. The molecular weight excluding hydrogens is 366 g/mol. The van der Waals surface area contributed by atoms with Crippen LogP contribution in [-0.4, -0.2) is 31.9 Å². The second-order valence-corrected chi connectivity index (χ2v) is 3.23. The molecule has 0 atom stereocenters. The molecule has 2 heterocycles. The van der Waals surface area contributed by atoms with Gasteiger partial charge in [-0.3, -0.25) is 0 Å². The normalized spacial score (nSPS) is 8.00. The molecule has 0 bridgehead atoms. The van der Waals surface area contributed by atoms with E-state index < -0.39 is 11.9 Å². The van der Waals surface area contributed by atoms with E-state index in [0.29, 0.717) is 0 Å². The maximum Gasteiger partial charge on any atom is 2.00 e. The number of carboxylic acid groups (broad SMARTS) is 2. The second kappa shape index (κ2) is 11.9. The van der Waals surface area contributed by atoms with Crippen molar-refractivity contribution in [3.63, 3.8) is 0 Å². The Bertz CT molecular complexity index is 553. The van der Waals surface area contributed by atoms with Crippen LogP contribution in [-0.2, 0) is 30.4 Å². The van der Waals surface area contributed by atoms with Crippen molar-refractivity contribution in [1.29, 1.82) is 0 Å². The first kappa shape index (κ1) is 25.2. The predicted octanol–water partition coefficient (Wildman–Crippen LogP) is -5.00. The van der Waals surface area contributed by atoms with E-state index in [1.54, 1.807) is 0 Å². The maximum absolute atomic E-state index is 10.1. The molecule has 0 aliphatic heterocycles. The third-order valence-electron chi connectivity index (χ3n) is 1.82. The van der Waals surface area contributed by atoms with Gasteiger partial charge in [-0.25, -0.2) is 19.9 Å². The van der Waals surface area contributed by atoms with Crippen LogP contribution in [0.2, 0.25) is 0 Å². The smallest absolute Gasteiger partial charge is 0.545 e. The molecule has 0 spiro atoms. The molecule has 0 radical (unpaired) electrons. The number of aromatic carboxylic acids is 2. The molecule has 0 saturated heterocycles. The van der Waals surface area contributed by atoms with E-state index in [9.17, 15) is 19.8 Å². The van der Waals surface area contributed by atoms with Crippen molar-refractivity contribution in [3.8, 4) is 0 Å². The summed E-state index contributed by atoms with van der Waals surface area (Å²) in [5.74, 6) is -2.52. The molecule has 120 valence electrons. The van der Waals surface area contributed by atoms with Crippen LogP contribution in [0, 0.1) is 0 Å². The fourth-order valence-electron chi connectivity index (χ4n) is 0.887. The summed E-state index contributed by atoms with van der Waals surface area (Å²) in [6, 6.07) is 0. The molecule has 2 aromatic rings. The number of carboxylic acids is 2. The molecule has 0 amide bonds. The van der Waals surface area contributed by atoms with Crippen molar-refractivity contribution in [2.24, 2.45) is 0 Å². The number of nitrogen functional groups attached to an aromatic ring is 2. The van der Waals surface area contributed by atoms with Gasteiger partial charge in [0, 0.05) is 35.9 Å². The van der Waals surface area contributed by atoms with E-state index in [1.165, 1.54) is 0 Å². The largest absolute Gasteiger partial charge is 2.00 e. The monoisotopic (exact) mass is 378 g/mol. The van der Waals surface area contributed by atoms with Crippen LogP contribution in [0.25, 0.3) is 0 Å². The van der Waals surface area contributed by atoms with Gasteiger partial charge >= 0.3 is 19.5 Å². The first-order valence-electron chi connectivity index (χ1n) is 4.98. The number of carbonyl (C=O) groups excluding carboxylic acids is 2. The summed E-state index contributed by atoms with van der Waals surface area (Å²) in [5, 5.41) is 20.2. The molecule has 10 N–H and O–H groups in total. The van der Waals surface area contributed by atoms with Crippen LogP contribution in [0.5, 0.6) is 0 Å². The number of hydrogen-bond acceptors (Lipinski definition) is 10. The van der Waals surface area contributed by atoms with Crippen molar-refractivity contribution in [2.75, 3.05) is 11.5 Å². The summed E-state index contributed by atoms with van der Waals surface area (Å²) in [4.78, 5) is 33.9. The van der Waals surface area contributed by atoms with Gasteiger partial charge in [0.2, 0.25) is 11.9 Å². The Morgan fingerprint density at radius 3 is 1.13 bits per heavy atom. The minimum Gasteiger partial charge on any atom is -0.545 e. The minimum atomic E-state index is -1.31. The van der Waals surface area contributed by atoms with Gasteiger partial charge in [-0.15, -0.1) is 0 Å². The van der Waals surface area contributed by atoms with E-state index in [2.05, 4.69) is 19.9 Å². The van der Waals surface area contributed by atoms with Crippen LogP contribution in [0.1, 0.15) is 20.7 Å². The van der Waals surface area contributed by atoms with Gasteiger partial charge in [0.1, 0.15) is 0 Å². The van der Waals surface area contributed by atoms with Gasteiger partial charge < -0.3 is 42.2 Å². The topological polar surface area (TPSA) is 250 Å². The summed E-state index contributed by atoms with van der Waals surface area (Å²) in [6.45, 7) is 0. The van der Waals surface area contributed by atoms with Crippen molar-refractivity contribution >= 4 is 23.8 Å². The Hall–Kier alpha value is -2.76. The van der Waals surface area contributed by atoms with Crippen molar-refractivity contribution in [3.05, 3.63) is 35.9 Å². The maximum atomic E-state index is 10.1. The number of anilines is 2. The summed E-state index contributed by atoms with van der Waals surface area (Å²) < 4.78 is 0. The molecule has 0 saturated carbocycles. The van der Waals surface area contributed by atoms with Crippen molar-refractivity contribution in [1.82, 2.24) is 19.9 Å². The standard InChI is InChI=1S/2C5H5N3O2.2H2O.Zn/c2*6-5-7-1-3(2-8-5)4(9)10;;;/h2*1-2H,(H,9,10)(H2,6,7,8);2*1H2;/q;;;;+2. The minimum absolute atomic E-state index is 0. The van der Waals surface area contributed by atoms with Gasteiger partial charge in [-0.05, 0) is 0 Å². The first-order chi connectivity index (χ1) is 9.40. The van der Waals surface area contributed by atoms with E-state index in [0.717, 1.165) is 24.8 Å². The molecule has 0 fully saturated rings. The van der Waals surface area contributed by atoms with E-state index >= 15 is 0 Å². The Kier molecular flexibility index (Phi) is 13.0. The molecule has 0 aliphatic rings. The zero-order valence-electron chi connectivity index (χ0n) is 11.7. The average molecular weight is 380 g/mol. The van der Waals surface area contributed by atoms with Crippen LogP contribution < -0.4 is 21.7 Å². The Morgan fingerprint density at radius 2 is 0.957 bits per heavy atom. The molecule has 2 aromatic heterocycles. The SMILES string of the molecule is Nc1ncc(C(=O)[O-])cn1.Nc1ncc(C(=O)[O-])cn1.[OH3+].[OH3+].[Zn+2]. The number of nitrogens with two attached hydrogens (primary N) is 2. The van der Waals surface area contributed by atoms with Crippen molar-refractivity contribution < 1.29 is 50.2 Å². The van der Waals surface area contributed by atoms with Crippen molar-refractivity contribution in [2.45, 2.75) is 0 Å². The van der Waals surface area contributed by atoms with Crippen LogP contribution in [0.3, 0.4) is 0 Å². The zero-order chi connectivity index (χ0) is 15.1. The Morgan fingerprint density at radius 1 is 0.739 bits per heavy atom. The number of carbonyl (C=O) groups is 2. The van der Waals surface area contributed by atoms with E-state index in [-0.39, 0.29) is 53.5 Å². The van der Waals surface area contributed by atoms with Gasteiger partial charge in [0.25, 0.3) is 0 Å². The molecule has 0 unspecified atom stereocenters. The predicted molar refractivity (Wildman–Crippen MR) is 71.3 cm³/mol. The van der Waals surface area contributed by atoms with Gasteiger partial charge in [-0.1, -0.05) is 0 Å². The zero-order valence-corrected chi connectivity index (χ0v) is 14.7. The number of nitrogens with zero attached hydrogens (tertiary/aromatic N) is 4. The number of hydrogen-bond donors (Lipinski definition) is 2. The molecule has 0 aliphatic carbocycles. The molecule has 13 heteroatoms. The third kappa shape index (κ3) is 8.98. The summed E-state index contributed by atoms with van der Waals surface area (Å²) in [7, 11) is 0. The van der Waals surface area contributed by atoms with E-state index in [4.69, 9.17) is 11.5 Å². The number of rotatable bonds is 2. The fraction of sp³-hybridized carbons (Fsp3) is 0. The first-order valence-corrected chi connectivity index (χ1v) is 4.98. The van der Waals surface area contributed by atoms with Gasteiger partial charge in [0.05, 0.1) is 11.9 Å². The molecule has 0 aromatic carbocycles. The third-order valence-corrected chi connectivity index (χ3v) is 1.82. The quantitative estimate of drug-likeness (QED) is 0.371.